The Morgan fingerprint density at radius 2 is 1.83 bits per heavy atom. The topological polar surface area (TPSA) is 84.9 Å². The summed E-state index contributed by atoms with van der Waals surface area (Å²) in [5, 5.41) is 2.87. The quantitative estimate of drug-likeness (QED) is 0.814. The second kappa shape index (κ2) is 6.28. The highest BCUT2D eigenvalue weighted by molar-refractivity contribution is 6.55. The van der Waals surface area contributed by atoms with E-state index in [0.717, 1.165) is 0 Å². The molecule has 1 fully saturated rings. The lowest BCUT2D eigenvalue weighted by molar-refractivity contribution is -0.135. The highest BCUT2D eigenvalue weighted by Gasteiger charge is 2.66. The number of hydrogen-bond donors (Lipinski definition) is 1. The number of benzene rings is 2. The van der Waals surface area contributed by atoms with E-state index in [9.17, 15) is 14.4 Å². The molecule has 1 spiro atoms. The van der Waals surface area contributed by atoms with Crippen molar-refractivity contribution < 1.29 is 23.9 Å². The number of hydrogen-bond acceptors (Lipinski definition) is 5. The number of carbonyl (C=O) groups excluding carboxylic acids is 3. The fourth-order valence-corrected chi connectivity index (χ4v) is 4.34. The summed E-state index contributed by atoms with van der Waals surface area (Å²) in [7, 11) is 0. The van der Waals surface area contributed by atoms with Crippen LogP contribution < -0.4 is 10.2 Å². The van der Waals surface area contributed by atoms with Crippen LogP contribution in [0, 0.1) is 0 Å². The largest absolute Gasteiger partial charge is 0.464 e. The number of ketones is 1. The number of nitrogens with zero attached hydrogens (tertiary/aromatic N) is 1. The predicted molar refractivity (Wildman–Crippen MR) is 105 cm³/mol. The van der Waals surface area contributed by atoms with Gasteiger partial charge in [0.1, 0.15) is 5.76 Å². The van der Waals surface area contributed by atoms with Gasteiger partial charge in [0.15, 0.2) is 5.54 Å². The van der Waals surface area contributed by atoms with Crippen molar-refractivity contribution in [1.29, 1.82) is 0 Å². The van der Waals surface area contributed by atoms with Crippen molar-refractivity contribution in [3.63, 3.8) is 0 Å². The van der Waals surface area contributed by atoms with E-state index in [1.807, 2.05) is 13.0 Å². The van der Waals surface area contributed by atoms with E-state index in [2.05, 4.69) is 5.32 Å². The molecule has 5 rings (SSSR count). The summed E-state index contributed by atoms with van der Waals surface area (Å²) in [6.07, 6.45) is -0.749. The summed E-state index contributed by atoms with van der Waals surface area (Å²) in [6, 6.07) is 16.0. The number of nitrogens with one attached hydrogen (secondary N) is 1. The lowest BCUT2D eigenvalue weighted by Gasteiger charge is -2.45. The lowest BCUT2D eigenvalue weighted by Crippen LogP contribution is -2.61. The fraction of sp³-hybridized carbons (Fsp3) is 0.227. The van der Waals surface area contributed by atoms with Crippen molar-refractivity contribution in [3.05, 3.63) is 65.7 Å². The maximum absolute atomic E-state index is 13.4. The van der Waals surface area contributed by atoms with Gasteiger partial charge in [0.05, 0.1) is 16.9 Å². The summed E-state index contributed by atoms with van der Waals surface area (Å²) >= 11 is 0. The molecular formula is C22H18N2O5. The number of carbonyl (C=O) groups is 3. The Kier molecular flexibility index (Phi) is 3.82. The van der Waals surface area contributed by atoms with Crippen molar-refractivity contribution in [3.8, 4) is 0 Å². The second-order valence-corrected chi connectivity index (χ2v) is 7.08. The number of amides is 2. The number of ether oxygens (including phenoxy) is 2. The second-order valence-electron chi connectivity index (χ2n) is 7.08. The highest BCUT2D eigenvalue weighted by Crippen LogP contribution is 2.52. The van der Waals surface area contributed by atoms with Crippen LogP contribution in [0.15, 0.2) is 60.2 Å². The summed E-state index contributed by atoms with van der Waals surface area (Å²) in [5.74, 6) is -1.69. The molecule has 2 unspecified atom stereocenters. The molecule has 3 aliphatic rings. The molecule has 1 N–H and O–H groups in total. The smallest absolute Gasteiger partial charge is 0.300 e. The summed E-state index contributed by atoms with van der Waals surface area (Å²) in [4.78, 5) is 41.0. The molecule has 146 valence electrons. The third-order valence-corrected chi connectivity index (χ3v) is 5.52. The first-order chi connectivity index (χ1) is 14.1. The molecule has 2 atom stereocenters. The van der Waals surface area contributed by atoms with Crippen molar-refractivity contribution in [2.45, 2.75) is 25.2 Å². The van der Waals surface area contributed by atoms with E-state index in [0.29, 0.717) is 23.5 Å². The zero-order valence-electron chi connectivity index (χ0n) is 15.7. The summed E-state index contributed by atoms with van der Waals surface area (Å²) in [5.41, 5.74) is 0.153. The highest BCUT2D eigenvalue weighted by atomic mass is 16.7. The molecule has 3 aliphatic heterocycles. The number of Topliss-reactive ketones (excluding diaryl/α,β-unsaturated/α-hetero) is 1. The third-order valence-electron chi connectivity index (χ3n) is 5.52. The van der Waals surface area contributed by atoms with Gasteiger partial charge in [-0.2, -0.15) is 0 Å². The van der Waals surface area contributed by atoms with Crippen LogP contribution >= 0.6 is 0 Å². The van der Waals surface area contributed by atoms with Crippen LogP contribution in [0.2, 0.25) is 0 Å². The van der Waals surface area contributed by atoms with Gasteiger partial charge in [0, 0.05) is 18.6 Å². The first-order valence-corrected chi connectivity index (χ1v) is 9.45. The van der Waals surface area contributed by atoms with E-state index >= 15 is 0 Å². The lowest BCUT2D eigenvalue weighted by atomic mass is 9.80. The Bertz CT molecular complexity index is 1080. The molecular weight excluding hydrogens is 372 g/mol. The predicted octanol–water partition coefficient (Wildman–Crippen LogP) is 2.49. The minimum Gasteiger partial charge on any atom is -0.464 e. The van der Waals surface area contributed by atoms with Crippen molar-refractivity contribution in [2.75, 3.05) is 16.8 Å². The molecule has 0 saturated carbocycles. The Morgan fingerprint density at radius 3 is 2.59 bits per heavy atom. The maximum atomic E-state index is 13.4. The van der Waals surface area contributed by atoms with Gasteiger partial charge in [-0.05, 0) is 19.1 Å². The van der Waals surface area contributed by atoms with Crippen molar-refractivity contribution in [2.24, 2.45) is 0 Å². The van der Waals surface area contributed by atoms with E-state index in [4.69, 9.17) is 9.47 Å². The van der Waals surface area contributed by atoms with Gasteiger partial charge in [-0.3, -0.25) is 19.3 Å². The summed E-state index contributed by atoms with van der Waals surface area (Å²) < 4.78 is 11.7. The Balaban J connectivity index is 1.81. The number of rotatable bonds is 3. The average Bonchev–Trinajstić information content (AvgIpc) is 2.97. The van der Waals surface area contributed by atoms with Crippen LogP contribution in [-0.4, -0.2) is 36.0 Å². The molecule has 3 heterocycles. The van der Waals surface area contributed by atoms with Crippen LogP contribution in [-0.2, 0) is 23.9 Å². The molecule has 0 radical (unpaired) electrons. The van der Waals surface area contributed by atoms with Gasteiger partial charge >= 0.3 is 5.91 Å². The van der Waals surface area contributed by atoms with Crippen molar-refractivity contribution in [1.82, 2.24) is 0 Å². The Morgan fingerprint density at radius 1 is 1.10 bits per heavy atom. The number of anilines is 2. The van der Waals surface area contributed by atoms with Gasteiger partial charge in [-0.25, -0.2) is 0 Å². The van der Waals surface area contributed by atoms with Gasteiger partial charge < -0.3 is 14.8 Å². The van der Waals surface area contributed by atoms with Crippen molar-refractivity contribution >= 4 is 34.7 Å². The van der Waals surface area contributed by atoms with Gasteiger partial charge in [-0.15, -0.1) is 0 Å². The minimum absolute atomic E-state index is 0.0319. The van der Waals surface area contributed by atoms with Crippen LogP contribution in [0.4, 0.5) is 11.4 Å². The van der Waals surface area contributed by atoms with Crippen LogP contribution in [0.25, 0.3) is 5.76 Å². The third kappa shape index (κ3) is 2.31. The zero-order valence-corrected chi connectivity index (χ0v) is 15.7. The SMILES string of the molecule is CCOC1CC23C(=O)Nc4ccccc4N2C(=O)C(=O)C3=C(c2ccccc2)O1. The maximum Gasteiger partial charge on any atom is 0.300 e. The Hall–Kier alpha value is -3.45. The van der Waals surface area contributed by atoms with Crippen LogP contribution in [0.3, 0.4) is 0 Å². The van der Waals surface area contributed by atoms with E-state index < -0.39 is 29.4 Å². The van der Waals surface area contributed by atoms with Crippen LogP contribution in [0.5, 0.6) is 0 Å². The Labute approximate surface area is 166 Å². The molecule has 7 heteroatoms. The first-order valence-electron chi connectivity index (χ1n) is 9.45. The molecule has 2 aromatic rings. The molecule has 1 saturated heterocycles. The van der Waals surface area contributed by atoms with E-state index in [1.54, 1.807) is 48.5 Å². The van der Waals surface area contributed by atoms with Gasteiger partial charge in [0.25, 0.3) is 11.7 Å². The fourth-order valence-electron chi connectivity index (χ4n) is 4.34. The molecule has 2 aromatic carbocycles. The van der Waals surface area contributed by atoms with E-state index in [-0.39, 0.29) is 17.8 Å². The monoisotopic (exact) mass is 390 g/mol. The number of para-hydroxylation sites is 2. The molecule has 0 bridgehead atoms. The van der Waals surface area contributed by atoms with Crippen LogP contribution in [0.1, 0.15) is 18.9 Å². The summed E-state index contributed by atoms with van der Waals surface area (Å²) in [6.45, 7) is 2.18. The molecule has 7 nitrogen and oxygen atoms in total. The van der Waals surface area contributed by atoms with Gasteiger partial charge in [0.2, 0.25) is 6.29 Å². The average molecular weight is 390 g/mol. The first kappa shape index (κ1) is 17.6. The van der Waals surface area contributed by atoms with Gasteiger partial charge in [-0.1, -0.05) is 42.5 Å². The minimum atomic E-state index is -1.51. The molecule has 0 aromatic heterocycles. The standard InChI is InChI=1S/C22H18N2O5/c1-2-28-16-12-22-17(19(29-16)13-8-4-3-5-9-13)18(25)20(26)24(22)15-11-7-6-10-14(15)23-21(22)27/h3-11,16H,2,12H2,1H3,(H,23,27). The molecule has 0 aliphatic carbocycles. The normalized spacial score (nSPS) is 25.2. The van der Waals surface area contributed by atoms with E-state index in [1.165, 1.54) is 4.90 Å². The molecule has 2 amide bonds. The number of fused-ring (bicyclic) bond motifs is 2. The zero-order chi connectivity index (χ0) is 20.2. The molecule has 29 heavy (non-hydrogen) atoms.